The number of hydrogen-bond donors (Lipinski definition) is 1. The number of halogens is 1. The van der Waals surface area contributed by atoms with Gasteiger partial charge in [0.05, 0.1) is 11.3 Å². The van der Waals surface area contributed by atoms with Crippen molar-refractivity contribution >= 4 is 27.3 Å². The van der Waals surface area contributed by atoms with Crippen molar-refractivity contribution in [2.45, 2.75) is 25.4 Å². The van der Waals surface area contributed by atoms with Gasteiger partial charge in [0.2, 0.25) is 0 Å². The van der Waals surface area contributed by atoms with Gasteiger partial charge in [-0.05, 0) is 52.5 Å². The van der Waals surface area contributed by atoms with Gasteiger partial charge in [0.15, 0.2) is 0 Å². The van der Waals surface area contributed by atoms with E-state index in [4.69, 9.17) is 5.73 Å². The van der Waals surface area contributed by atoms with Crippen molar-refractivity contribution in [3.63, 3.8) is 0 Å². The van der Waals surface area contributed by atoms with E-state index in [9.17, 15) is 5.26 Å². The minimum absolute atomic E-state index is 0.506. The third kappa shape index (κ3) is 2.88. The SMILES string of the molecule is N#Cc1c(Br)cccc1N(Cc1ccccc1N)C1CC1. The molecule has 3 rings (SSSR count). The van der Waals surface area contributed by atoms with Crippen molar-refractivity contribution in [2.24, 2.45) is 0 Å². The van der Waals surface area contributed by atoms with Gasteiger partial charge in [0.25, 0.3) is 0 Å². The number of anilines is 2. The molecule has 0 saturated heterocycles. The molecule has 21 heavy (non-hydrogen) atoms. The fraction of sp³-hybridized carbons (Fsp3) is 0.235. The highest BCUT2D eigenvalue weighted by Gasteiger charge is 2.31. The zero-order chi connectivity index (χ0) is 14.8. The number of rotatable bonds is 4. The largest absolute Gasteiger partial charge is 0.398 e. The molecular weight excluding hydrogens is 326 g/mol. The Balaban J connectivity index is 1.99. The van der Waals surface area contributed by atoms with Crippen molar-refractivity contribution in [3.8, 4) is 6.07 Å². The number of nitrogens with two attached hydrogens (primary N) is 1. The topological polar surface area (TPSA) is 53.0 Å². The summed E-state index contributed by atoms with van der Waals surface area (Å²) in [6.07, 6.45) is 2.34. The number of nitrogen functional groups attached to an aromatic ring is 1. The number of para-hydroxylation sites is 1. The van der Waals surface area contributed by atoms with Crippen LogP contribution in [-0.2, 0) is 6.54 Å². The average Bonchev–Trinajstić information content (AvgIpc) is 3.31. The van der Waals surface area contributed by atoms with E-state index in [0.717, 1.165) is 28.0 Å². The van der Waals surface area contributed by atoms with Crippen LogP contribution in [0.5, 0.6) is 0 Å². The molecule has 3 nitrogen and oxygen atoms in total. The predicted octanol–water partition coefficient (Wildman–Crippen LogP) is 4.07. The summed E-state index contributed by atoms with van der Waals surface area (Å²) in [5, 5.41) is 9.44. The van der Waals surface area contributed by atoms with E-state index in [1.54, 1.807) is 0 Å². The molecule has 1 saturated carbocycles. The minimum atomic E-state index is 0.506. The van der Waals surface area contributed by atoms with E-state index in [2.05, 4.69) is 33.0 Å². The zero-order valence-electron chi connectivity index (χ0n) is 11.6. The van der Waals surface area contributed by atoms with Gasteiger partial charge in [0, 0.05) is 22.7 Å². The maximum absolute atomic E-state index is 9.44. The molecule has 0 atom stereocenters. The molecule has 4 heteroatoms. The molecule has 0 heterocycles. The Morgan fingerprint density at radius 3 is 2.62 bits per heavy atom. The molecule has 0 unspecified atom stereocenters. The maximum Gasteiger partial charge on any atom is 0.103 e. The number of benzene rings is 2. The van der Waals surface area contributed by atoms with Gasteiger partial charge < -0.3 is 10.6 Å². The molecule has 0 aromatic heterocycles. The Kier molecular flexibility index (Phi) is 3.85. The van der Waals surface area contributed by atoms with Crippen LogP contribution in [0.25, 0.3) is 0 Å². The zero-order valence-corrected chi connectivity index (χ0v) is 13.2. The van der Waals surface area contributed by atoms with E-state index < -0.39 is 0 Å². The van der Waals surface area contributed by atoms with Crippen molar-refractivity contribution in [2.75, 3.05) is 10.6 Å². The monoisotopic (exact) mass is 341 g/mol. The number of nitrogens with zero attached hydrogens (tertiary/aromatic N) is 2. The Bertz CT molecular complexity index is 701. The van der Waals surface area contributed by atoms with Crippen LogP contribution in [0.15, 0.2) is 46.9 Å². The molecule has 2 N–H and O–H groups in total. The molecule has 0 radical (unpaired) electrons. The van der Waals surface area contributed by atoms with E-state index in [1.807, 2.05) is 36.4 Å². The van der Waals surface area contributed by atoms with Gasteiger partial charge in [0.1, 0.15) is 6.07 Å². The van der Waals surface area contributed by atoms with Gasteiger partial charge in [-0.15, -0.1) is 0 Å². The summed E-state index contributed by atoms with van der Waals surface area (Å²) in [5.74, 6) is 0. The summed E-state index contributed by atoms with van der Waals surface area (Å²) in [6.45, 7) is 0.739. The van der Waals surface area contributed by atoms with Gasteiger partial charge >= 0.3 is 0 Å². The van der Waals surface area contributed by atoms with E-state index in [0.29, 0.717) is 11.6 Å². The maximum atomic E-state index is 9.44. The normalized spacial score (nSPS) is 13.7. The first-order valence-electron chi connectivity index (χ1n) is 6.99. The van der Waals surface area contributed by atoms with Crippen LogP contribution in [0.3, 0.4) is 0 Å². The fourth-order valence-electron chi connectivity index (χ4n) is 2.52. The second kappa shape index (κ2) is 5.79. The molecular formula is C17H16BrN3. The van der Waals surface area contributed by atoms with Crippen LogP contribution in [0.2, 0.25) is 0 Å². The Morgan fingerprint density at radius 2 is 1.95 bits per heavy atom. The molecule has 1 aliphatic rings. The molecule has 1 fully saturated rings. The van der Waals surface area contributed by atoms with Crippen molar-refractivity contribution in [1.29, 1.82) is 5.26 Å². The van der Waals surface area contributed by atoms with Crippen LogP contribution in [0, 0.1) is 11.3 Å². The van der Waals surface area contributed by atoms with Gasteiger partial charge in [-0.2, -0.15) is 5.26 Å². The minimum Gasteiger partial charge on any atom is -0.398 e. The molecule has 0 bridgehead atoms. The molecule has 0 spiro atoms. The van der Waals surface area contributed by atoms with Crippen molar-refractivity contribution < 1.29 is 0 Å². The summed E-state index contributed by atoms with van der Waals surface area (Å²) in [6, 6.07) is 16.6. The molecule has 2 aromatic rings. The van der Waals surface area contributed by atoms with Gasteiger partial charge in [-0.3, -0.25) is 0 Å². The second-order valence-corrected chi connectivity index (χ2v) is 6.16. The highest BCUT2D eigenvalue weighted by molar-refractivity contribution is 9.10. The number of nitriles is 1. The summed E-state index contributed by atoms with van der Waals surface area (Å²) >= 11 is 3.47. The summed E-state index contributed by atoms with van der Waals surface area (Å²) in [5.41, 5.74) is 9.65. The second-order valence-electron chi connectivity index (χ2n) is 5.30. The Morgan fingerprint density at radius 1 is 1.19 bits per heavy atom. The van der Waals surface area contributed by atoms with Crippen LogP contribution < -0.4 is 10.6 Å². The standard InChI is InChI=1S/C17H16BrN3/c18-15-5-3-7-17(14(15)10-19)21(13-8-9-13)11-12-4-1-2-6-16(12)20/h1-7,13H,8-9,11,20H2. The van der Waals surface area contributed by atoms with Crippen LogP contribution in [0.4, 0.5) is 11.4 Å². The first-order chi connectivity index (χ1) is 10.2. The number of hydrogen-bond acceptors (Lipinski definition) is 3. The molecule has 0 amide bonds. The average molecular weight is 342 g/mol. The smallest absolute Gasteiger partial charge is 0.103 e. The van der Waals surface area contributed by atoms with Crippen LogP contribution in [0.1, 0.15) is 24.0 Å². The first-order valence-corrected chi connectivity index (χ1v) is 7.78. The molecule has 0 aliphatic heterocycles. The molecule has 106 valence electrons. The van der Waals surface area contributed by atoms with Crippen molar-refractivity contribution in [3.05, 3.63) is 58.1 Å². The highest BCUT2D eigenvalue weighted by Crippen LogP contribution is 2.37. The lowest BCUT2D eigenvalue weighted by molar-refractivity contribution is 0.794. The lowest BCUT2D eigenvalue weighted by Gasteiger charge is -2.26. The highest BCUT2D eigenvalue weighted by atomic mass is 79.9. The van der Waals surface area contributed by atoms with E-state index in [1.165, 1.54) is 12.8 Å². The van der Waals surface area contributed by atoms with Gasteiger partial charge in [-0.1, -0.05) is 24.3 Å². The lowest BCUT2D eigenvalue weighted by Crippen LogP contribution is -2.26. The fourth-order valence-corrected chi connectivity index (χ4v) is 2.97. The lowest BCUT2D eigenvalue weighted by atomic mass is 10.1. The third-order valence-electron chi connectivity index (χ3n) is 3.80. The summed E-state index contributed by atoms with van der Waals surface area (Å²) in [7, 11) is 0. The van der Waals surface area contributed by atoms with Crippen LogP contribution in [-0.4, -0.2) is 6.04 Å². The third-order valence-corrected chi connectivity index (χ3v) is 4.46. The van der Waals surface area contributed by atoms with Crippen molar-refractivity contribution in [1.82, 2.24) is 0 Å². The quantitative estimate of drug-likeness (QED) is 0.852. The first kappa shape index (κ1) is 14.0. The van der Waals surface area contributed by atoms with E-state index >= 15 is 0 Å². The molecule has 2 aromatic carbocycles. The predicted molar refractivity (Wildman–Crippen MR) is 88.9 cm³/mol. The summed E-state index contributed by atoms with van der Waals surface area (Å²) < 4.78 is 0.842. The Hall–Kier alpha value is -1.99. The molecule has 1 aliphatic carbocycles. The Labute approximate surface area is 133 Å². The van der Waals surface area contributed by atoms with Crippen LogP contribution >= 0.6 is 15.9 Å². The summed E-state index contributed by atoms with van der Waals surface area (Å²) in [4.78, 5) is 2.30. The van der Waals surface area contributed by atoms with Gasteiger partial charge in [-0.25, -0.2) is 0 Å². The van der Waals surface area contributed by atoms with E-state index in [-0.39, 0.29) is 0 Å².